The SMILES string of the molecule is O=C(O)c1ccc(O)c(N=Nc2ccccc2O)c1. The summed E-state index contributed by atoms with van der Waals surface area (Å²) in [7, 11) is 0. The second kappa shape index (κ2) is 5.18. The van der Waals surface area contributed by atoms with Gasteiger partial charge in [-0.15, -0.1) is 10.2 Å². The van der Waals surface area contributed by atoms with E-state index in [0.29, 0.717) is 0 Å². The number of aromatic hydroxyl groups is 2. The van der Waals surface area contributed by atoms with Crippen molar-refractivity contribution in [2.75, 3.05) is 0 Å². The third kappa shape index (κ3) is 2.86. The molecule has 0 saturated carbocycles. The first-order valence-corrected chi connectivity index (χ1v) is 5.34. The molecule has 0 heterocycles. The third-order valence-electron chi connectivity index (χ3n) is 2.37. The quantitative estimate of drug-likeness (QED) is 0.735. The summed E-state index contributed by atoms with van der Waals surface area (Å²) < 4.78 is 0. The van der Waals surface area contributed by atoms with Crippen molar-refractivity contribution < 1.29 is 20.1 Å². The standard InChI is InChI=1S/C13H10N2O4/c16-11-4-2-1-3-9(11)14-15-10-7-8(13(18)19)5-6-12(10)17/h1-7,16-17H,(H,18,19). The maximum Gasteiger partial charge on any atom is 0.335 e. The van der Waals surface area contributed by atoms with Crippen molar-refractivity contribution in [1.29, 1.82) is 0 Å². The van der Waals surface area contributed by atoms with Crippen LogP contribution in [0, 0.1) is 0 Å². The summed E-state index contributed by atoms with van der Waals surface area (Å²) >= 11 is 0. The first kappa shape index (κ1) is 12.6. The lowest BCUT2D eigenvalue weighted by molar-refractivity contribution is 0.0697. The predicted molar refractivity (Wildman–Crippen MR) is 67.3 cm³/mol. The summed E-state index contributed by atoms with van der Waals surface area (Å²) in [5, 5.41) is 35.4. The summed E-state index contributed by atoms with van der Waals surface area (Å²) in [5.41, 5.74) is 0.231. The second-order valence-corrected chi connectivity index (χ2v) is 3.70. The zero-order valence-electron chi connectivity index (χ0n) is 9.69. The Morgan fingerprint density at radius 2 is 1.53 bits per heavy atom. The predicted octanol–water partition coefficient (Wildman–Crippen LogP) is 3.21. The van der Waals surface area contributed by atoms with Crippen molar-refractivity contribution in [1.82, 2.24) is 0 Å². The van der Waals surface area contributed by atoms with Crippen LogP contribution < -0.4 is 0 Å². The highest BCUT2D eigenvalue weighted by molar-refractivity contribution is 5.89. The monoisotopic (exact) mass is 258 g/mol. The van der Waals surface area contributed by atoms with Crippen LogP contribution in [0.2, 0.25) is 0 Å². The van der Waals surface area contributed by atoms with E-state index in [0.717, 1.165) is 0 Å². The van der Waals surface area contributed by atoms with Crippen molar-refractivity contribution >= 4 is 17.3 Å². The van der Waals surface area contributed by atoms with Gasteiger partial charge in [-0.1, -0.05) is 12.1 Å². The lowest BCUT2D eigenvalue weighted by atomic mass is 10.2. The van der Waals surface area contributed by atoms with Gasteiger partial charge >= 0.3 is 5.97 Å². The third-order valence-corrected chi connectivity index (χ3v) is 2.37. The van der Waals surface area contributed by atoms with E-state index in [9.17, 15) is 15.0 Å². The van der Waals surface area contributed by atoms with Crippen LogP contribution >= 0.6 is 0 Å². The molecule has 0 saturated heterocycles. The summed E-state index contributed by atoms with van der Waals surface area (Å²) in [6.07, 6.45) is 0. The fourth-order valence-electron chi connectivity index (χ4n) is 1.39. The highest BCUT2D eigenvalue weighted by atomic mass is 16.4. The lowest BCUT2D eigenvalue weighted by Crippen LogP contribution is -1.94. The smallest absolute Gasteiger partial charge is 0.335 e. The molecule has 2 aromatic carbocycles. The van der Waals surface area contributed by atoms with E-state index in [1.165, 1.54) is 30.3 Å². The number of hydrogen-bond acceptors (Lipinski definition) is 5. The van der Waals surface area contributed by atoms with Crippen LogP contribution in [-0.2, 0) is 0 Å². The summed E-state index contributed by atoms with van der Waals surface area (Å²) in [5.74, 6) is -1.37. The Balaban J connectivity index is 2.35. The molecule has 6 heteroatoms. The van der Waals surface area contributed by atoms with Gasteiger partial charge in [0.15, 0.2) is 0 Å². The molecule has 96 valence electrons. The van der Waals surface area contributed by atoms with E-state index in [4.69, 9.17) is 5.11 Å². The second-order valence-electron chi connectivity index (χ2n) is 3.70. The minimum atomic E-state index is -1.13. The first-order valence-electron chi connectivity index (χ1n) is 5.34. The molecule has 0 aliphatic carbocycles. The highest BCUT2D eigenvalue weighted by Crippen LogP contribution is 2.31. The van der Waals surface area contributed by atoms with E-state index < -0.39 is 5.97 Å². The van der Waals surface area contributed by atoms with Crippen molar-refractivity contribution in [3.63, 3.8) is 0 Å². The highest BCUT2D eigenvalue weighted by Gasteiger charge is 2.07. The van der Waals surface area contributed by atoms with Crippen molar-refractivity contribution in [3.05, 3.63) is 48.0 Å². The molecule has 0 fully saturated rings. The number of benzene rings is 2. The molecule has 0 aliphatic rings. The Hall–Kier alpha value is -2.89. The molecule has 0 radical (unpaired) electrons. The molecule has 2 aromatic rings. The maximum absolute atomic E-state index is 10.8. The van der Waals surface area contributed by atoms with Crippen LogP contribution in [0.15, 0.2) is 52.7 Å². The van der Waals surface area contributed by atoms with Gasteiger partial charge in [-0.05, 0) is 30.3 Å². The minimum absolute atomic E-state index is 0.0102. The van der Waals surface area contributed by atoms with Gasteiger partial charge in [0.2, 0.25) is 0 Å². The molecule has 0 aliphatic heterocycles. The Morgan fingerprint density at radius 1 is 0.895 bits per heavy atom. The molecule has 19 heavy (non-hydrogen) atoms. The Kier molecular flexibility index (Phi) is 3.42. The fourth-order valence-corrected chi connectivity index (χ4v) is 1.39. The van der Waals surface area contributed by atoms with E-state index in [1.54, 1.807) is 12.1 Å². The van der Waals surface area contributed by atoms with Crippen LogP contribution in [0.25, 0.3) is 0 Å². The lowest BCUT2D eigenvalue weighted by Gasteiger charge is -2.00. The number of carboxylic acids is 1. The maximum atomic E-state index is 10.8. The number of aromatic carboxylic acids is 1. The van der Waals surface area contributed by atoms with E-state index >= 15 is 0 Å². The average molecular weight is 258 g/mol. The molecule has 0 amide bonds. The molecule has 2 rings (SSSR count). The molecule has 0 atom stereocenters. The van der Waals surface area contributed by atoms with Gasteiger partial charge in [0, 0.05) is 0 Å². The molecular weight excluding hydrogens is 248 g/mol. The van der Waals surface area contributed by atoms with Crippen molar-refractivity contribution in [3.8, 4) is 11.5 Å². The topological polar surface area (TPSA) is 102 Å². The van der Waals surface area contributed by atoms with E-state index in [-0.39, 0.29) is 28.4 Å². The molecule has 0 unspecified atom stereocenters. The number of carboxylic acid groups (broad SMARTS) is 1. The molecule has 0 bridgehead atoms. The van der Waals surface area contributed by atoms with E-state index in [1.807, 2.05) is 0 Å². The van der Waals surface area contributed by atoms with Gasteiger partial charge in [0.25, 0.3) is 0 Å². The Labute approximate surface area is 108 Å². The normalized spacial score (nSPS) is 10.7. The number of phenols is 2. The first-order chi connectivity index (χ1) is 9.08. The average Bonchev–Trinajstić information content (AvgIpc) is 2.39. The van der Waals surface area contributed by atoms with Crippen LogP contribution in [0.1, 0.15) is 10.4 Å². The number of nitrogens with zero attached hydrogens (tertiary/aromatic N) is 2. The van der Waals surface area contributed by atoms with Crippen molar-refractivity contribution in [2.45, 2.75) is 0 Å². The van der Waals surface area contributed by atoms with Gasteiger partial charge in [0.05, 0.1) is 5.56 Å². The number of para-hydroxylation sites is 1. The number of hydrogen-bond donors (Lipinski definition) is 3. The number of phenolic OH excluding ortho intramolecular Hbond substituents is 2. The van der Waals surface area contributed by atoms with E-state index in [2.05, 4.69) is 10.2 Å². The molecule has 0 spiro atoms. The van der Waals surface area contributed by atoms with Gasteiger partial charge in [-0.3, -0.25) is 0 Å². The molecule has 3 N–H and O–H groups in total. The fraction of sp³-hybridized carbons (Fsp3) is 0. The van der Waals surface area contributed by atoms with Crippen LogP contribution in [-0.4, -0.2) is 21.3 Å². The molecule has 6 nitrogen and oxygen atoms in total. The summed E-state index contributed by atoms with van der Waals surface area (Å²) in [4.78, 5) is 10.8. The zero-order chi connectivity index (χ0) is 13.8. The summed E-state index contributed by atoms with van der Waals surface area (Å²) in [6, 6.07) is 9.97. The largest absolute Gasteiger partial charge is 0.506 e. The number of carbonyl (C=O) groups is 1. The van der Waals surface area contributed by atoms with Gasteiger partial charge in [-0.2, -0.15) is 0 Å². The van der Waals surface area contributed by atoms with Crippen LogP contribution in [0.4, 0.5) is 11.4 Å². The molecule has 0 aromatic heterocycles. The minimum Gasteiger partial charge on any atom is -0.506 e. The number of azo groups is 1. The summed E-state index contributed by atoms with van der Waals surface area (Å²) in [6.45, 7) is 0. The van der Waals surface area contributed by atoms with Gasteiger partial charge < -0.3 is 15.3 Å². The van der Waals surface area contributed by atoms with Gasteiger partial charge in [-0.25, -0.2) is 4.79 Å². The zero-order valence-corrected chi connectivity index (χ0v) is 9.69. The van der Waals surface area contributed by atoms with Crippen LogP contribution in [0.3, 0.4) is 0 Å². The Bertz CT molecular complexity index is 653. The van der Waals surface area contributed by atoms with Gasteiger partial charge in [0.1, 0.15) is 22.9 Å². The Morgan fingerprint density at radius 3 is 2.21 bits per heavy atom. The van der Waals surface area contributed by atoms with Crippen LogP contribution in [0.5, 0.6) is 11.5 Å². The number of rotatable bonds is 3. The molecular formula is C13H10N2O4. The van der Waals surface area contributed by atoms with Crippen molar-refractivity contribution in [2.24, 2.45) is 10.2 Å².